The average Bonchev–Trinajstić information content (AvgIpc) is 2.76. The van der Waals surface area contributed by atoms with Gasteiger partial charge in [0.25, 0.3) is 0 Å². The molecule has 0 saturated heterocycles. The summed E-state index contributed by atoms with van der Waals surface area (Å²) in [4.78, 5) is 18.0. The number of carbonyl (C=O) groups excluding carboxylic acids is 1. The van der Waals surface area contributed by atoms with Gasteiger partial charge in [-0.1, -0.05) is 0 Å². The standard InChI is InChI=1S/C13H13FN2O2/c1-8(17)5-13-15-7-11(16-13)9-3-4-12(18-2)10(14)6-9/h3-4,6-7H,5H2,1-2H3,(H,15,16). The maximum atomic E-state index is 13.5. The molecule has 0 unspecified atom stereocenters. The fourth-order valence-corrected chi connectivity index (χ4v) is 1.67. The SMILES string of the molecule is COc1ccc(-c2cnc(CC(C)=O)[nH]2)cc1F. The number of halogens is 1. The predicted octanol–water partition coefficient (Wildman–Crippen LogP) is 2.36. The van der Waals surface area contributed by atoms with Crippen molar-refractivity contribution >= 4 is 5.78 Å². The number of imidazole rings is 1. The van der Waals surface area contributed by atoms with Gasteiger partial charge in [-0.05, 0) is 25.1 Å². The Labute approximate surface area is 104 Å². The second-order valence-corrected chi connectivity index (χ2v) is 3.97. The zero-order chi connectivity index (χ0) is 13.1. The smallest absolute Gasteiger partial charge is 0.165 e. The van der Waals surface area contributed by atoms with Crippen molar-refractivity contribution in [3.05, 3.63) is 36.0 Å². The summed E-state index contributed by atoms with van der Waals surface area (Å²) >= 11 is 0. The average molecular weight is 248 g/mol. The van der Waals surface area contributed by atoms with Crippen molar-refractivity contribution in [1.82, 2.24) is 9.97 Å². The molecule has 1 aromatic heterocycles. The number of nitrogens with zero attached hydrogens (tertiary/aromatic N) is 1. The number of benzene rings is 1. The highest BCUT2D eigenvalue weighted by atomic mass is 19.1. The molecule has 4 nitrogen and oxygen atoms in total. The third-order valence-electron chi connectivity index (χ3n) is 2.51. The Morgan fingerprint density at radius 1 is 1.50 bits per heavy atom. The topological polar surface area (TPSA) is 55.0 Å². The van der Waals surface area contributed by atoms with Crippen LogP contribution in [0.1, 0.15) is 12.7 Å². The monoisotopic (exact) mass is 248 g/mol. The van der Waals surface area contributed by atoms with Gasteiger partial charge in [0.2, 0.25) is 0 Å². The molecule has 94 valence electrons. The van der Waals surface area contributed by atoms with Crippen LogP contribution in [-0.2, 0) is 11.2 Å². The predicted molar refractivity (Wildman–Crippen MR) is 64.9 cm³/mol. The fourth-order valence-electron chi connectivity index (χ4n) is 1.67. The van der Waals surface area contributed by atoms with Crippen LogP contribution in [0, 0.1) is 5.82 Å². The second-order valence-electron chi connectivity index (χ2n) is 3.97. The quantitative estimate of drug-likeness (QED) is 0.903. The van der Waals surface area contributed by atoms with Gasteiger partial charge in [0.05, 0.1) is 25.4 Å². The van der Waals surface area contributed by atoms with Crippen molar-refractivity contribution in [3.63, 3.8) is 0 Å². The molecule has 0 aliphatic heterocycles. The molecule has 1 heterocycles. The second kappa shape index (κ2) is 5.00. The van der Waals surface area contributed by atoms with Gasteiger partial charge in [0.15, 0.2) is 11.6 Å². The van der Waals surface area contributed by atoms with Crippen molar-refractivity contribution in [3.8, 4) is 17.0 Å². The van der Waals surface area contributed by atoms with E-state index in [0.29, 0.717) is 17.1 Å². The Hall–Kier alpha value is -2.17. The van der Waals surface area contributed by atoms with Crippen LogP contribution in [0.3, 0.4) is 0 Å². The van der Waals surface area contributed by atoms with Crippen molar-refractivity contribution in [2.75, 3.05) is 7.11 Å². The van der Waals surface area contributed by atoms with E-state index in [0.717, 1.165) is 0 Å². The van der Waals surface area contributed by atoms with Gasteiger partial charge >= 0.3 is 0 Å². The minimum absolute atomic E-state index is 0.0248. The molecular formula is C13H13FN2O2. The Morgan fingerprint density at radius 3 is 2.89 bits per heavy atom. The van der Waals surface area contributed by atoms with Gasteiger partial charge in [0, 0.05) is 5.56 Å². The van der Waals surface area contributed by atoms with Crippen LogP contribution < -0.4 is 4.74 Å². The summed E-state index contributed by atoms with van der Waals surface area (Å²) in [6, 6.07) is 4.65. The van der Waals surface area contributed by atoms with Gasteiger partial charge < -0.3 is 9.72 Å². The summed E-state index contributed by atoms with van der Waals surface area (Å²) in [5.74, 6) is 0.366. The highest BCUT2D eigenvalue weighted by Gasteiger charge is 2.08. The Bertz CT molecular complexity index is 578. The number of H-pyrrole nitrogens is 1. The normalized spacial score (nSPS) is 10.4. The van der Waals surface area contributed by atoms with E-state index in [4.69, 9.17) is 4.74 Å². The van der Waals surface area contributed by atoms with Gasteiger partial charge in [-0.3, -0.25) is 4.79 Å². The van der Waals surface area contributed by atoms with Gasteiger partial charge in [-0.15, -0.1) is 0 Å². The lowest BCUT2D eigenvalue weighted by molar-refractivity contribution is -0.116. The largest absolute Gasteiger partial charge is 0.494 e. The molecule has 0 fully saturated rings. The highest BCUT2D eigenvalue weighted by Crippen LogP contribution is 2.24. The van der Waals surface area contributed by atoms with Crippen LogP contribution in [0.25, 0.3) is 11.3 Å². The van der Waals surface area contributed by atoms with Crippen molar-refractivity contribution in [1.29, 1.82) is 0 Å². The van der Waals surface area contributed by atoms with E-state index < -0.39 is 5.82 Å². The molecule has 1 N–H and O–H groups in total. The Kier molecular flexibility index (Phi) is 3.41. The van der Waals surface area contributed by atoms with Crippen LogP contribution >= 0.6 is 0 Å². The van der Waals surface area contributed by atoms with Crippen LogP contribution in [-0.4, -0.2) is 22.9 Å². The molecule has 0 atom stereocenters. The number of Topliss-reactive ketones (excluding diaryl/α,β-unsaturated/α-hetero) is 1. The number of ether oxygens (including phenoxy) is 1. The summed E-state index contributed by atoms with van der Waals surface area (Å²) in [5.41, 5.74) is 1.34. The molecule has 2 rings (SSSR count). The first-order valence-corrected chi connectivity index (χ1v) is 5.47. The number of hydrogen-bond donors (Lipinski definition) is 1. The fraction of sp³-hybridized carbons (Fsp3) is 0.231. The molecule has 0 aliphatic rings. The molecule has 1 aromatic carbocycles. The third-order valence-corrected chi connectivity index (χ3v) is 2.51. The summed E-state index contributed by atoms with van der Waals surface area (Å²) < 4.78 is 18.4. The molecule has 2 aromatic rings. The molecule has 5 heteroatoms. The number of hydrogen-bond acceptors (Lipinski definition) is 3. The number of nitrogens with one attached hydrogen (secondary N) is 1. The first-order chi connectivity index (χ1) is 8.60. The molecular weight excluding hydrogens is 235 g/mol. The van der Waals surface area contributed by atoms with Gasteiger partial charge in [-0.25, -0.2) is 9.37 Å². The number of ketones is 1. The Morgan fingerprint density at radius 2 is 2.28 bits per heavy atom. The summed E-state index contributed by atoms with van der Waals surface area (Å²) in [6.07, 6.45) is 1.83. The number of aromatic amines is 1. The lowest BCUT2D eigenvalue weighted by Gasteiger charge is -2.03. The number of carbonyl (C=O) groups is 1. The molecule has 0 radical (unpaired) electrons. The summed E-state index contributed by atoms with van der Waals surface area (Å²) in [5, 5.41) is 0. The van der Waals surface area contributed by atoms with Crippen LogP contribution in [0.4, 0.5) is 4.39 Å². The van der Waals surface area contributed by atoms with E-state index in [1.54, 1.807) is 18.3 Å². The number of rotatable bonds is 4. The summed E-state index contributed by atoms with van der Waals surface area (Å²) in [6.45, 7) is 1.50. The first-order valence-electron chi connectivity index (χ1n) is 5.47. The number of methoxy groups -OCH3 is 1. The zero-order valence-electron chi connectivity index (χ0n) is 10.2. The van der Waals surface area contributed by atoms with Crippen LogP contribution in [0.2, 0.25) is 0 Å². The van der Waals surface area contributed by atoms with Crippen LogP contribution in [0.15, 0.2) is 24.4 Å². The maximum absolute atomic E-state index is 13.5. The van der Waals surface area contributed by atoms with E-state index in [1.807, 2.05) is 0 Å². The molecule has 0 saturated carbocycles. The van der Waals surface area contributed by atoms with Crippen LogP contribution in [0.5, 0.6) is 5.75 Å². The molecule has 0 amide bonds. The van der Waals surface area contributed by atoms with Gasteiger partial charge in [-0.2, -0.15) is 0 Å². The van der Waals surface area contributed by atoms with Crippen molar-refractivity contribution in [2.24, 2.45) is 0 Å². The van der Waals surface area contributed by atoms with Crippen molar-refractivity contribution < 1.29 is 13.9 Å². The van der Waals surface area contributed by atoms with E-state index in [-0.39, 0.29) is 18.0 Å². The zero-order valence-corrected chi connectivity index (χ0v) is 10.2. The molecule has 0 spiro atoms. The highest BCUT2D eigenvalue weighted by molar-refractivity contribution is 5.77. The third kappa shape index (κ3) is 2.56. The molecule has 0 aliphatic carbocycles. The number of aromatic nitrogens is 2. The summed E-state index contributed by atoms with van der Waals surface area (Å²) in [7, 11) is 1.42. The van der Waals surface area contributed by atoms with Gasteiger partial charge in [0.1, 0.15) is 11.6 Å². The Balaban J connectivity index is 2.28. The minimum Gasteiger partial charge on any atom is -0.494 e. The molecule has 18 heavy (non-hydrogen) atoms. The van der Waals surface area contributed by atoms with E-state index >= 15 is 0 Å². The molecule has 0 bridgehead atoms. The lowest BCUT2D eigenvalue weighted by atomic mass is 10.1. The van der Waals surface area contributed by atoms with E-state index in [2.05, 4.69) is 9.97 Å². The van der Waals surface area contributed by atoms with E-state index in [9.17, 15) is 9.18 Å². The maximum Gasteiger partial charge on any atom is 0.165 e. The van der Waals surface area contributed by atoms with Crippen molar-refractivity contribution in [2.45, 2.75) is 13.3 Å². The minimum atomic E-state index is -0.433. The first kappa shape index (κ1) is 12.3. The van der Waals surface area contributed by atoms with E-state index in [1.165, 1.54) is 20.1 Å². The lowest BCUT2D eigenvalue weighted by Crippen LogP contribution is -1.97.